The number of nitrogens with one attached hydrogen (secondary N) is 1. The van der Waals surface area contributed by atoms with E-state index in [0.717, 1.165) is 11.4 Å². The van der Waals surface area contributed by atoms with Gasteiger partial charge in [0.2, 0.25) is 0 Å². The van der Waals surface area contributed by atoms with Crippen LogP contribution in [0.4, 0.5) is 4.79 Å². The molecule has 0 aliphatic heterocycles. The van der Waals surface area contributed by atoms with E-state index in [-0.39, 0.29) is 12.6 Å². The summed E-state index contributed by atoms with van der Waals surface area (Å²) in [7, 11) is 1.46. The van der Waals surface area contributed by atoms with Gasteiger partial charge in [-0.05, 0) is 27.7 Å². The Hall–Kier alpha value is -1.30. The molecule has 6 heteroatoms. The van der Waals surface area contributed by atoms with Crippen LogP contribution in [0.5, 0.6) is 0 Å². The monoisotopic (exact) mass is 259 g/mol. The number of hydrogen-bond donors (Lipinski definition) is 2. The van der Waals surface area contributed by atoms with Crippen LogP contribution in [-0.2, 0) is 4.79 Å². The average molecular weight is 259 g/mol. The number of amides is 2. The molecule has 0 saturated carbocycles. The maximum absolute atomic E-state index is 11.5. The third kappa shape index (κ3) is 6.44. The molecule has 2 N–H and O–H groups in total. The minimum Gasteiger partial charge on any atom is -0.480 e. The standard InChI is InChI=1S/C12H25N3O3/c1-9(2)15(10(3)4)7-6-13-12(18)14(5)8-11(16)17/h9-10H,6-8H2,1-5H3,(H,13,18)(H,16,17). The highest BCUT2D eigenvalue weighted by Crippen LogP contribution is 2.03. The molecule has 0 aromatic carbocycles. The Labute approximate surface area is 109 Å². The van der Waals surface area contributed by atoms with Crippen molar-refractivity contribution in [2.45, 2.75) is 39.8 Å². The van der Waals surface area contributed by atoms with E-state index in [4.69, 9.17) is 5.11 Å². The minimum absolute atomic E-state index is 0.288. The Balaban J connectivity index is 4.02. The normalized spacial score (nSPS) is 11.1. The number of nitrogens with zero attached hydrogens (tertiary/aromatic N) is 2. The lowest BCUT2D eigenvalue weighted by Gasteiger charge is -2.30. The van der Waals surface area contributed by atoms with Gasteiger partial charge in [0.1, 0.15) is 6.54 Å². The second-order valence-corrected chi connectivity index (χ2v) is 4.91. The Morgan fingerprint density at radius 1 is 1.17 bits per heavy atom. The van der Waals surface area contributed by atoms with Crippen molar-refractivity contribution in [3.8, 4) is 0 Å². The first-order valence-corrected chi connectivity index (χ1v) is 6.22. The van der Waals surface area contributed by atoms with Crippen LogP contribution >= 0.6 is 0 Å². The van der Waals surface area contributed by atoms with Crippen LogP contribution in [-0.4, -0.2) is 65.7 Å². The first kappa shape index (κ1) is 16.7. The minimum atomic E-state index is -1.02. The van der Waals surface area contributed by atoms with Gasteiger partial charge in [0, 0.05) is 32.2 Å². The Morgan fingerprint density at radius 2 is 1.67 bits per heavy atom. The van der Waals surface area contributed by atoms with E-state index in [1.165, 1.54) is 7.05 Å². The van der Waals surface area contributed by atoms with Crippen molar-refractivity contribution in [1.82, 2.24) is 15.1 Å². The smallest absolute Gasteiger partial charge is 0.323 e. The number of carbonyl (C=O) groups excluding carboxylic acids is 1. The fourth-order valence-electron chi connectivity index (χ4n) is 1.81. The largest absolute Gasteiger partial charge is 0.480 e. The molecule has 0 aromatic rings. The predicted molar refractivity (Wildman–Crippen MR) is 70.6 cm³/mol. The van der Waals surface area contributed by atoms with Crippen LogP contribution < -0.4 is 5.32 Å². The fourth-order valence-corrected chi connectivity index (χ4v) is 1.81. The zero-order valence-electron chi connectivity index (χ0n) is 11.9. The number of carbonyl (C=O) groups is 2. The summed E-state index contributed by atoms with van der Waals surface area (Å²) in [6.07, 6.45) is 0. The third-order valence-electron chi connectivity index (χ3n) is 2.69. The fraction of sp³-hybridized carbons (Fsp3) is 0.833. The van der Waals surface area contributed by atoms with Gasteiger partial charge in [-0.3, -0.25) is 9.69 Å². The van der Waals surface area contributed by atoms with Crippen LogP contribution in [0.15, 0.2) is 0 Å². The molecule has 106 valence electrons. The van der Waals surface area contributed by atoms with E-state index >= 15 is 0 Å². The van der Waals surface area contributed by atoms with E-state index in [1.54, 1.807) is 0 Å². The van der Waals surface area contributed by atoms with E-state index in [9.17, 15) is 9.59 Å². The number of hydrogen-bond acceptors (Lipinski definition) is 3. The van der Waals surface area contributed by atoms with Gasteiger partial charge in [-0.25, -0.2) is 4.79 Å². The average Bonchev–Trinajstić information content (AvgIpc) is 2.21. The first-order chi connectivity index (χ1) is 8.25. The maximum atomic E-state index is 11.5. The highest BCUT2D eigenvalue weighted by atomic mass is 16.4. The maximum Gasteiger partial charge on any atom is 0.323 e. The van der Waals surface area contributed by atoms with Gasteiger partial charge in [0.05, 0.1) is 0 Å². The van der Waals surface area contributed by atoms with Crippen molar-refractivity contribution in [2.75, 3.05) is 26.7 Å². The summed E-state index contributed by atoms with van der Waals surface area (Å²) in [6.45, 7) is 9.42. The summed E-state index contributed by atoms with van der Waals surface area (Å²) in [5.74, 6) is -1.02. The Kier molecular flexibility index (Phi) is 7.35. The molecule has 6 nitrogen and oxygen atoms in total. The topological polar surface area (TPSA) is 72.9 Å². The highest BCUT2D eigenvalue weighted by molar-refractivity contribution is 5.79. The van der Waals surface area contributed by atoms with Crippen molar-refractivity contribution in [2.24, 2.45) is 0 Å². The van der Waals surface area contributed by atoms with Gasteiger partial charge in [-0.15, -0.1) is 0 Å². The molecule has 0 radical (unpaired) electrons. The van der Waals surface area contributed by atoms with E-state index in [1.807, 2.05) is 0 Å². The predicted octanol–water partition coefficient (Wildman–Crippen LogP) is 0.831. The molecule has 0 unspecified atom stereocenters. The third-order valence-corrected chi connectivity index (χ3v) is 2.69. The molecule has 0 heterocycles. The van der Waals surface area contributed by atoms with Gasteiger partial charge in [-0.2, -0.15) is 0 Å². The van der Waals surface area contributed by atoms with Crippen LogP contribution in [0.3, 0.4) is 0 Å². The summed E-state index contributed by atoms with van der Waals surface area (Å²) in [6, 6.07) is 0.474. The lowest BCUT2D eigenvalue weighted by molar-refractivity contribution is -0.137. The van der Waals surface area contributed by atoms with E-state index in [0.29, 0.717) is 18.6 Å². The summed E-state index contributed by atoms with van der Waals surface area (Å²) in [5, 5.41) is 11.3. The van der Waals surface area contributed by atoms with Gasteiger partial charge < -0.3 is 15.3 Å². The first-order valence-electron chi connectivity index (χ1n) is 6.22. The van der Waals surface area contributed by atoms with Gasteiger partial charge in [0.25, 0.3) is 0 Å². The number of rotatable bonds is 7. The van der Waals surface area contributed by atoms with E-state index < -0.39 is 5.97 Å². The molecule has 0 rings (SSSR count). The van der Waals surface area contributed by atoms with Crippen LogP contribution in [0.25, 0.3) is 0 Å². The molecule has 0 atom stereocenters. The number of carboxylic acids is 1. The lowest BCUT2D eigenvalue weighted by Crippen LogP contribution is -2.45. The summed E-state index contributed by atoms with van der Waals surface area (Å²) >= 11 is 0. The van der Waals surface area contributed by atoms with Gasteiger partial charge in [0.15, 0.2) is 0 Å². The molecule has 2 amide bonds. The van der Waals surface area contributed by atoms with Crippen molar-refractivity contribution in [1.29, 1.82) is 0 Å². The van der Waals surface area contributed by atoms with Crippen molar-refractivity contribution < 1.29 is 14.7 Å². The number of likely N-dealkylation sites (N-methyl/N-ethyl adjacent to an activating group) is 1. The summed E-state index contributed by atoms with van der Waals surface area (Å²) in [4.78, 5) is 25.4. The van der Waals surface area contributed by atoms with E-state index in [2.05, 4.69) is 37.9 Å². The SMILES string of the molecule is CC(C)N(CCNC(=O)N(C)CC(=O)O)C(C)C. The molecular formula is C12H25N3O3. The molecule has 18 heavy (non-hydrogen) atoms. The summed E-state index contributed by atoms with van der Waals surface area (Å²) in [5.41, 5.74) is 0. The highest BCUT2D eigenvalue weighted by Gasteiger charge is 2.15. The molecule has 0 aliphatic carbocycles. The summed E-state index contributed by atoms with van der Waals surface area (Å²) < 4.78 is 0. The van der Waals surface area contributed by atoms with Gasteiger partial charge >= 0.3 is 12.0 Å². The number of aliphatic carboxylic acids is 1. The van der Waals surface area contributed by atoms with Crippen LogP contribution in [0.1, 0.15) is 27.7 Å². The van der Waals surface area contributed by atoms with Crippen molar-refractivity contribution >= 4 is 12.0 Å². The molecular weight excluding hydrogens is 234 g/mol. The second kappa shape index (κ2) is 7.92. The number of urea groups is 1. The molecule has 0 saturated heterocycles. The Morgan fingerprint density at radius 3 is 2.06 bits per heavy atom. The van der Waals surface area contributed by atoms with Crippen molar-refractivity contribution in [3.63, 3.8) is 0 Å². The second-order valence-electron chi connectivity index (χ2n) is 4.91. The quantitative estimate of drug-likeness (QED) is 0.710. The zero-order chi connectivity index (χ0) is 14.3. The zero-order valence-corrected chi connectivity index (χ0v) is 11.9. The molecule has 0 aromatic heterocycles. The molecule has 0 aliphatic rings. The Bertz CT molecular complexity index is 272. The van der Waals surface area contributed by atoms with Crippen LogP contribution in [0.2, 0.25) is 0 Å². The van der Waals surface area contributed by atoms with Crippen molar-refractivity contribution in [3.05, 3.63) is 0 Å². The van der Waals surface area contributed by atoms with Crippen LogP contribution in [0, 0.1) is 0 Å². The molecule has 0 bridgehead atoms. The molecule has 0 spiro atoms. The molecule has 0 fully saturated rings. The number of carboxylic acid groups (broad SMARTS) is 1. The van der Waals surface area contributed by atoms with Gasteiger partial charge in [-0.1, -0.05) is 0 Å². The lowest BCUT2D eigenvalue weighted by atomic mass is 10.2.